The molecular weight excluding hydrogens is 429 g/mol. The maximum atomic E-state index is 11.3. The third-order valence-electron chi connectivity index (χ3n) is 3.36. The molecule has 0 spiro atoms. The molecule has 0 radical (unpaired) electrons. The SMILES string of the molecule is CCS(=O)(=O)NCCCNC(=NC)N(C)Cc1cccn1C.I. The lowest BCUT2D eigenvalue weighted by Gasteiger charge is -2.22. The zero-order valence-electron chi connectivity index (χ0n) is 14.2. The molecule has 1 aromatic rings. The van der Waals surface area contributed by atoms with E-state index in [1.807, 2.05) is 31.3 Å². The molecule has 0 aliphatic carbocycles. The molecule has 0 aromatic carbocycles. The summed E-state index contributed by atoms with van der Waals surface area (Å²) in [5.41, 5.74) is 1.20. The Balaban J connectivity index is 0.00000484. The van der Waals surface area contributed by atoms with Crippen LogP contribution in [0.5, 0.6) is 0 Å². The lowest BCUT2D eigenvalue weighted by Crippen LogP contribution is -2.40. The molecule has 0 aliphatic rings. The van der Waals surface area contributed by atoms with Gasteiger partial charge in [0.05, 0.1) is 12.3 Å². The number of rotatable bonds is 8. The lowest BCUT2D eigenvalue weighted by molar-refractivity contribution is 0.461. The summed E-state index contributed by atoms with van der Waals surface area (Å²) in [5, 5.41) is 3.24. The minimum atomic E-state index is -3.10. The van der Waals surface area contributed by atoms with Gasteiger partial charge in [0, 0.05) is 46.1 Å². The van der Waals surface area contributed by atoms with Crippen LogP contribution in [0.25, 0.3) is 0 Å². The van der Waals surface area contributed by atoms with Gasteiger partial charge in [0.25, 0.3) is 0 Å². The molecule has 2 N–H and O–H groups in total. The van der Waals surface area contributed by atoms with Crippen LogP contribution in [-0.4, -0.2) is 56.8 Å². The number of aromatic nitrogens is 1. The largest absolute Gasteiger partial charge is 0.356 e. The summed E-state index contributed by atoms with van der Waals surface area (Å²) < 4.78 is 27.2. The molecule has 0 fully saturated rings. The van der Waals surface area contributed by atoms with E-state index < -0.39 is 10.0 Å². The summed E-state index contributed by atoms with van der Waals surface area (Å²) in [5.74, 6) is 0.904. The molecule has 1 heterocycles. The smallest absolute Gasteiger partial charge is 0.211 e. The van der Waals surface area contributed by atoms with Gasteiger partial charge in [-0.05, 0) is 25.5 Å². The van der Waals surface area contributed by atoms with E-state index in [1.165, 1.54) is 5.69 Å². The maximum Gasteiger partial charge on any atom is 0.211 e. The fourth-order valence-electron chi connectivity index (χ4n) is 1.98. The highest BCUT2D eigenvalue weighted by atomic mass is 127. The molecule has 1 rings (SSSR count). The van der Waals surface area contributed by atoms with E-state index in [9.17, 15) is 8.42 Å². The van der Waals surface area contributed by atoms with Crippen molar-refractivity contribution in [3.8, 4) is 0 Å². The number of guanidine groups is 1. The highest BCUT2D eigenvalue weighted by molar-refractivity contribution is 14.0. The number of aliphatic imine (C=N–C) groups is 1. The molecule has 0 aliphatic heterocycles. The highest BCUT2D eigenvalue weighted by Gasteiger charge is 2.08. The number of hydrogen-bond acceptors (Lipinski definition) is 3. The van der Waals surface area contributed by atoms with Gasteiger partial charge in [-0.25, -0.2) is 13.1 Å². The van der Waals surface area contributed by atoms with Crippen LogP contribution >= 0.6 is 24.0 Å². The van der Waals surface area contributed by atoms with Gasteiger partial charge < -0.3 is 14.8 Å². The topological polar surface area (TPSA) is 78.7 Å². The van der Waals surface area contributed by atoms with E-state index in [0.29, 0.717) is 19.5 Å². The quantitative estimate of drug-likeness (QED) is 0.264. The van der Waals surface area contributed by atoms with E-state index in [0.717, 1.165) is 12.5 Å². The molecule has 23 heavy (non-hydrogen) atoms. The third-order valence-corrected chi connectivity index (χ3v) is 4.77. The van der Waals surface area contributed by atoms with Gasteiger partial charge in [0.15, 0.2) is 5.96 Å². The number of nitrogens with one attached hydrogen (secondary N) is 2. The van der Waals surface area contributed by atoms with Crippen LogP contribution in [0.1, 0.15) is 19.0 Å². The lowest BCUT2D eigenvalue weighted by atomic mass is 10.4. The minimum absolute atomic E-state index is 0. The predicted molar refractivity (Wildman–Crippen MR) is 106 cm³/mol. The standard InChI is InChI=1S/C14H27N5O2S.HI/c1-5-22(20,21)17-10-7-9-16-14(15-2)19(4)12-13-8-6-11-18(13)3;/h6,8,11,17H,5,7,9-10,12H2,1-4H3,(H,15,16);1H. The van der Waals surface area contributed by atoms with Gasteiger partial charge in [0.2, 0.25) is 10.0 Å². The number of halogens is 1. The molecule has 0 atom stereocenters. The van der Waals surface area contributed by atoms with Crippen LogP contribution in [0.3, 0.4) is 0 Å². The maximum absolute atomic E-state index is 11.3. The van der Waals surface area contributed by atoms with E-state index in [2.05, 4.69) is 25.7 Å². The summed E-state index contributed by atoms with van der Waals surface area (Å²) in [6.07, 6.45) is 2.72. The van der Waals surface area contributed by atoms with Crippen molar-refractivity contribution in [2.24, 2.45) is 12.0 Å². The zero-order valence-corrected chi connectivity index (χ0v) is 17.4. The van der Waals surface area contributed by atoms with Crippen molar-refractivity contribution in [2.75, 3.05) is 32.9 Å². The van der Waals surface area contributed by atoms with Crippen LogP contribution in [0.15, 0.2) is 23.3 Å². The van der Waals surface area contributed by atoms with Crippen molar-refractivity contribution < 1.29 is 8.42 Å². The first-order valence-corrected chi connectivity index (χ1v) is 9.04. The van der Waals surface area contributed by atoms with Crippen molar-refractivity contribution in [1.29, 1.82) is 0 Å². The second-order valence-corrected chi connectivity index (χ2v) is 7.19. The Morgan fingerprint density at radius 1 is 1.39 bits per heavy atom. The number of hydrogen-bond donors (Lipinski definition) is 2. The monoisotopic (exact) mass is 457 g/mol. The average Bonchev–Trinajstić information content (AvgIpc) is 2.88. The van der Waals surface area contributed by atoms with Gasteiger partial charge in [-0.3, -0.25) is 4.99 Å². The second-order valence-electron chi connectivity index (χ2n) is 5.09. The fraction of sp³-hybridized carbons (Fsp3) is 0.643. The van der Waals surface area contributed by atoms with Gasteiger partial charge in [0.1, 0.15) is 0 Å². The van der Waals surface area contributed by atoms with E-state index in [1.54, 1.807) is 14.0 Å². The van der Waals surface area contributed by atoms with Crippen molar-refractivity contribution in [2.45, 2.75) is 19.9 Å². The Morgan fingerprint density at radius 2 is 2.09 bits per heavy atom. The number of sulfonamides is 1. The summed E-state index contributed by atoms with van der Waals surface area (Å²) >= 11 is 0. The first-order chi connectivity index (χ1) is 10.4. The molecular formula is C14H28IN5O2S. The molecule has 0 saturated carbocycles. The average molecular weight is 457 g/mol. The Morgan fingerprint density at radius 3 is 2.61 bits per heavy atom. The van der Waals surface area contributed by atoms with E-state index >= 15 is 0 Å². The first-order valence-electron chi connectivity index (χ1n) is 7.39. The summed E-state index contributed by atoms with van der Waals surface area (Å²) in [6.45, 7) is 3.48. The molecule has 0 bridgehead atoms. The van der Waals surface area contributed by atoms with Gasteiger partial charge in [-0.2, -0.15) is 0 Å². The first kappa shape index (κ1) is 22.2. The summed E-state index contributed by atoms with van der Waals surface area (Å²) in [6, 6.07) is 4.09. The molecule has 0 unspecified atom stereocenters. The molecule has 0 saturated heterocycles. The molecule has 1 aromatic heterocycles. The second kappa shape index (κ2) is 10.9. The molecule has 0 amide bonds. The third kappa shape index (κ3) is 8.02. The van der Waals surface area contributed by atoms with Crippen molar-refractivity contribution in [3.63, 3.8) is 0 Å². The Labute approximate surface area is 156 Å². The molecule has 134 valence electrons. The van der Waals surface area contributed by atoms with Gasteiger partial charge in [-0.1, -0.05) is 0 Å². The van der Waals surface area contributed by atoms with Crippen LogP contribution in [0, 0.1) is 0 Å². The van der Waals surface area contributed by atoms with Crippen LogP contribution in [0.2, 0.25) is 0 Å². The zero-order chi connectivity index (χ0) is 16.6. The fourth-order valence-corrected chi connectivity index (χ4v) is 2.64. The Kier molecular flexibility index (Phi) is 10.5. The summed E-state index contributed by atoms with van der Waals surface area (Å²) in [4.78, 5) is 6.28. The van der Waals surface area contributed by atoms with Crippen molar-refractivity contribution in [1.82, 2.24) is 19.5 Å². The molecule has 7 nitrogen and oxygen atoms in total. The normalized spacial score (nSPS) is 11.9. The Bertz CT molecular complexity index is 586. The number of nitrogens with zero attached hydrogens (tertiary/aromatic N) is 3. The van der Waals surface area contributed by atoms with Crippen molar-refractivity contribution >= 4 is 40.0 Å². The van der Waals surface area contributed by atoms with Crippen LogP contribution in [-0.2, 0) is 23.6 Å². The van der Waals surface area contributed by atoms with Crippen LogP contribution in [0.4, 0.5) is 0 Å². The molecule has 9 heteroatoms. The highest BCUT2D eigenvalue weighted by Crippen LogP contribution is 2.03. The van der Waals surface area contributed by atoms with Crippen LogP contribution < -0.4 is 10.0 Å². The Hall–Kier alpha value is -0.810. The summed E-state index contributed by atoms with van der Waals surface area (Å²) in [7, 11) is 2.62. The number of aryl methyl sites for hydroxylation is 1. The van der Waals surface area contributed by atoms with E-state index in [4.69, 9.17) is 0 Å². The predicted octanol–water partition coefficient (Wildman–Crippen LogP) is 0.980. The minimum Gasteiger partial charge on any atom is -0.356 e. The van der Waals surface area contributed by atoms with Crippen molar-refractivity contribution in [3.05, 3.63) is 24.0 Å². The van der Waals surface area contributed by atoms with E-state index in [-0.39, 0.29) is 29.7 Å². The van der Waals surface area contributed by atoms with Gasteiger partial charge in [-0.15, -0.1) is 24.0 Å². The van der Waals surface area contributed by atoms with Gasteiger partial charge >= 0.3 is 0 Å².